The number of carbonyl (C=O) groups excluding carboxylic acids is 2. The first-order valence-electron chi connectivity index (χ1n) is 13.5. The summed E-state index contributed by atoms with van der Waals surface area (Å²) in [5.74, 6) is 0.833. The summed E-state index contributed by atoms with van der Waals surface area (Å²) in [6, 6.07) is 12.9. The fraction of sp³-hybridized carbons (Fsp3) is 0.433. The van der Waals surface area contributed by atoms with Gasteiger partial charge in [-0.3, -0.25) is 19.2 Å². The molecule has 0 unspecified atom stereocenters. The smallest absolute Gasteiger partial charge is 0.254 e. The largest absolute Gasteiger partial charge is 0.457 e. The lowest BCUT2D eigenvalue weighted by Crippen LogP contribution is -2.48. The Hall–Kier alpha value is -3.69. The van der Waals surface area contributed by atoms with Crippen LogP contribution in [0.15, 0.2) is 42.5 Å². The van der Waals surface area contributed by atoms with Gasteiger partial charge < -0.3 is 19.7 Å². The van der Waals surface area contributed by atoms with Gasteiger partial charge in [-0.05, 0) is 63.1 Å². The van der Waals surface area contributed by atoms with E-state index in [2.05, 4.69) is 29.2 Å². The molecular weight excluding hydrogens is 494 g/mol. The van der Waals surface area contributed by atoms with Crippen LogP contribution in [-0.2, 0) is 29.2 Å². The number of likely N-dealkylation sites (N-methyl/N-ethyl adjacent to an activating group) is 1. The number of aryl methyl sites for hydroxylation is 3. The summed E-state index contributed by atoms with van der Waals surface area (Å²) in [6.45, 7) is 11.4. The van der Waals surface area contributed by atoms with E-state index in [9.17, 15) is 9.59 Å². The zero-order chi connectivity index (χ0) is 27.7. The molecule has 9 nitrogen and oxygen atoms in total. The molecule has 2 aliphatic heterocycles. The fourth-order valence-corrected chi connectivity index (χ4v) is 5.41. The maximum Gasteiger partial charge on any atom is 0.254 e. The molecule has 206 valence electrons. The van der Waals surface area contributed by atoms with Crippen LogP contribution in [0.25, 0.3) is 0 Å². The zero-order valence-corrected chi connectivity index (χ0v) is 23.4. The molecule has 9 heteroatoms. The van der Waals surface area contributed by atoms with Gasteiger partial charge in [0.05, 0.1) is 31.0 Å². The molecule has 1 fully saturated rings. The summed E-state index contributed by atoms with van der Waals surface area (Å²) in [4.78, 5) is 30.0. The second kappa shape index (κ2) is 11.2. The monoisotopic (exact) mass is 531 g/mol. The standard InChI is InChI=1S/C30H37N5O4/c1-6-35-21(4)25(20(3)32-35)14-34-15-26-28(16-34)38-18-22-8-7-9-24(12-22)39-27-13-23(11-10-19(27)2)30(37)33(5)17-29(36)31-26/h7-13,26,28H,6,14-18H2,1-5H3,(H,31,36)/t26-,28-/m0/s1. The van der Waals surface area contributed by atoms with Crippen LogP contribution < -0.4 is 10.1 Å². The average Bonchev–Trinajstić information content (AvgIpc) is 3.42. The van der Waals surface area contributed by atoms with E-state index in [0.29, 0.717) is 36.8 Å². The lowest BCUT2D eigenvalue weighted by atomic mass is 10.1. The van der Waals surface area contributed by atoms with E-state index < -0.39 is 0 Å². The lowest BCUT2D eigenvalue weighted by molar-refractivity contribution is -0.123. The number of aromatic nitrogens is 2. The van der Waals surface area contributed by atoms with Gasteiger partial charge in [-0.2, -0.15) is 5.10 Å². The Morgan fingerprint density at radius 3 is 2.67 bits per heavy atom. The van der Waals surface area contributed by atoms with Crippen molar-refractivity contribution in [3.05, 3.63) is 76.1 Å². The molecule has 0 spiro atoms. The van der Waals surface area contributed by atoms with E-state index >= 15 is 0 Å². The van der Waals surface area contributed by atoms with Crippen LogP contribution in [0.2, 0.25) is 0 Å². The molecule has 2 aromatic carbocycles. The highest BCUT2D eigenvalue weighted by atomic mass is 16.5. The van der Waals surface area contributed by atoms with E-state index in [-0.39, 0.29) is 30.5 Å². The summed E-state index contributed by atoms with van der Waals surface area (Å²) in [6.07, 6.45) is -0.204. The number of nitrogens with one attached hydrogen (secondary N) is 1. The van der Waals surface area contributed by atoms with E-state index in [1.165, 1.54) is 16.2 Å². The molecule has 0 saturated carbocycles. The van der Waals surface area contributed by atoms with E-state index in [1.54, 1.807) is 19.2 Å². The summed E-state index contributed by atoms with van der Waals surface area (Å²) in [7, 11) is 1.64. The Labute approximate surface area is 229 Å². The predicted octanol–water partition coefficient (Wildman–Crippen LogP) is 3.59. The van der Waals surface area contributed by atoms with Crippen molar-refractivity contribution in [1.82, 2.24) is 24.9 Å². The molecule has 3 aromatic rings. The number of ether oxygens (including phenoxy) is 2. The number of amides is 2. The fourth-order valence-electron chi connectivity index (χ4n) is 5.41. The number of benzene rings is 2. The molecule has 5 rings (SSSR count). The lowest BCUT2D eigenvalue weighted by Gasteiger charge is -2.23. The van der Waals surface area contributed by atoms with Gasteiger partial charge in [0, 0.05) is 50.0 Å². The molecule has 0 aliphatic carbocycles. The SMILES string of the molecule is CCn1nc(C)c(CN2C[C@@H]3NC(=O)CN(C)C(=O)c4ccc(C)c(c4)Oc4cccc(c4)CO[C@H]3C2)c1C. The summed E-state index contributed by atoms with van der Waals surface area (Å²) >= 11 is 0. The predicted molar refractivity (Wildman–Crippen MR) is 148 cm³/mol. The molecular formula is C30H37N5O4. The topological polar surface area (TPSA) is 88.9 Å². The van der Waals surface area contributed by atoms with Gasteiger partial charge in [0.2, 0.25) is 5.91 Å². The van der Waals surface area contributed by atoms with Gasteiger partial charge in [-0.15, -0.1) is 0 Å². The van der Waals surface area contributed by atoms with Crippen LogP contribution in [0, 0.1) is 20.8 Å². The Balaban J connectivity index is 1.41. The highest BCUT2D eigenvalue weighted by Gasteiger charge is 2.35. The molecule has 2 atom stereocenters. The van der Waals surface area contributed by atoms with Crippen LogP contribution in [0.1, 0.15) is 45.4 Å². The number of fused-ring (bicyclic) bond motifs is 5. The number of nitrogens with zero attached hydrogens (tertiary/aromatic N) is 4. The first kappa shape index (κ1) is 26.9. The normalized spacial score (nSPS) is 20.5. The van der Waals surface area contributed by atoms with Crippen LogP contribution in [0.5, 0.6) is 11.5 Å². The average molecular weight is 532 g/mol. The van der Waals surface area contributed by atoms with Crippen LogP contribution >= 0.6 is 0 Å². The third-order valence-electron chi connectivity index (χ3n) is 7.65. The highest BCUT2D eigenvalue weighted by Crippen LogP contribution is 2.28. The second-order valence-electron chi connectivity index (χ2n) is 10.6. The Bertz CT molecular complexity index is 1380. The molecule has 1 aromatic heterocycles. The summed E-state index contributed by atoms with van der Waals surface area (Å²) in [5, 5.41) is 7.82. The van der Waals surface area contributed by atoms with Gasteiger partial charge in [0.1, 0.15) is 11.5 Å². The molecule has 2 aliphatic rings. The van der Waals surface area contributed by atoms with Gasteiger partial charge in [0.15, 0.2) is 0 Å². The number of carbonyl (C=O) groups is 2. The number of rotatable bonds is 3. The minimum Gasteiger partial charge on any atom is -0.457 e. The first-order chi connectivity index (χ1) is 18.7. The van der Waals surface area contributed by atoms with Gasteiger partial charge in [0.25, 0.3) is 5.91 Å². The maximum atomic E-state index is 13.2. The minimum absolute atomic E-state index is 0.0490. The van der Waals surface area contributed by atoms with E-state index in [4.69, 9.17) is 9.47 Å². The maximum absolute atomic E-state index is 13.2. The van der Waals surface area contributed by atoms with E-state index in [1.807, 2.05) is 48.9 Å². The quantitative estimate of drug-likeness (QED) is 0.556. The molecule has 3 heterocycles. The van der Waals surface area contributed by atoms with Gasteiger partial charge in [-0.1, -0.05) is 18.2 Å². The van der Waals surface area contributed by atoms with Crippen molar-refractivity contribution in [3.63, 3.8) is 0 Å². The van der Waals surface area contributed by atoms with Crippen LogP contribution in [0.3, 0.4) is 0 Å². The molecule has 1 N–H and O–H groups in total. The number of likely N-dealkylation sites (tertiary alicyclic amines) is 1. The Morgan fingerprint density at radius 1 is 1.08 bits per heavy atom. The summed E-state index contributed by atoms with van der Waals surface area (Å²) in [5.41, 5.74) is 5.78. The van der Waals surface area contributed by atoms with Crippen molar-refractivity contribution >= 4 is 11.8 Å². The van der Waals surface area contributed by atoms with Crippen molar-refractivity contribution in [3.8, 4) is 11.5 Å². The first-order valence-corrected chi connectivity index (χ1v) is 13.5. The number of hydrogen-bond acceptors (Lipinski definition) is 6. The van der Waals surface area contributed by atoms with Crippen molar-refractivity contribution in [2.24, 2.45) is 0 Å². The molecule has 2 amide bonds. The molecule has 4 bridgehead atoms. The van der Waals surface area contributed by atoms with Crippen molar-refractivity contribution in [2.45, 2.75) is 59.5 Å². The van der Waals surface area contributed by atoms with Crippen molar-refractivity contribution < 1.29 is 19.1 Å². The molecule has 0 radical (unpaired) electrons. The third-order valence-corrected chi connectivity index (χ3v) is 7.65. The van der Waals surface area contributed by atoms with Gasteiger partial charge in [-0.25, -0.2) is 0 Å². The van der Waals surface area contributed by atoms with Crippen molar-refractivity contribution in [1.29, 1.82) is 0 Å². The minimum atomic E-state index is -0.240. The van der Waals surface area contributed by atoms with Crippen molar-refractivity contribution in [2.75, 3.05) is 26.7 Å². The third kappa shape index (κ3) is 5.84. The zero-order valence-electron chi connectivity index (χ0n) is 23.4. The van der Waals surface area contributed by atoms with E-state index in [0.717, 1.165) is 29.9 Å². The van der Waals surface area contributed by atoms with Gasteiger partial charge >= 0.3 is 0 Å². The highest BCUT2D eigenvalue weighted by molar-refractivity contribution is 5.96. The second-order valence-corrected chi connectivity index (χ2v) is 10.6. The van der Waals surface area contributed by atoms with Crippen LogP contribution in [-0.4, -0.2) is 70.2 Å². The molecule has 1 saturated heterocycles. The number of hydrogen-bond donors (Lipinski definition) is 1. The summed E-state index contributed by atoms with van der Waals surface area (Å²) < 4.78 is 14.6. The Morgan fingerprint density at radius 2 is 1.90 bits per heavy atom. The van der Waals surface area contributed by atoms with Crippen LogP contribution in [0.4, 0.5) is 0 Å². The Kier molecular flexibility index (Phi) is 7.72. The molecule has 39 heavy (non-hydrogen) atoms.